The van der Waals surface area contributed by atoms with Crippen LogP contribution in [0.4, 0.5) is 10.2 Å². The summed E-state index contributed by atoms with van der Waals surface area (Å²) in [6.45, 7) is 0.530. The van der Waals surface area contributed by atoms with Crippen molar-refractivity contribution < 1.29 is 9.18 Å². The number of aromatic nitrogens is 3. The van der Waals surface area contributed by atoms with E-state index in [1.165, 1.54) is 23.5 Å². The molecule has 0 bridgehead atoms. The topological polar surface area (TPSA) is 59.8 Å². The van der Waals surface area contributed by atoms with Gasteiger partial charge in [-0.1, -0.05) is 60.7 Å². The second-order valence-electron chi connectivity index (χ2n) is 7.41. The second kappa shape index (κ2) is 9.18. The molecule has 0 spiro atoms. The van der Waals surface area contributed by atoms with Gasteiger partial charge < -0.3 is 9.88 Å². The van der Waals surface area contributed by atoms with Crippen LogP contribution in [0.3, 0.4) is 0 Å². The molecule has 1 N–H and O–H groups in total. The molecule has 0 aliphatic heterocycles. The number of amides is 1. The summed E-state index contributed by atoms with van der Waals surface area (Å²) in [5.74, 6) is -0.0517. The van der Waals surface area contributed by atoms with Gasteiger partial charge in [-0.2, -0.15) is 0 Å². The number of anilines is 1. The van der Waals surface area contributed by atoms with E-state index in [4.69, 9.17) is 0 Å². The molecule has 0 saturated carbocycles. The van der Waals surface area contributed by atoms with Crippen molar-refractivity contribution in [2.24, 2.45) is 0 Å². The number of halogens is 1. The molecule has 162 valence electrons. The Morgan fingerprint density at radius 2 is 1.58 bits per heavy atom. The van der Waals surface area contributed by atoms with Crippen LogP contribution in [0.15, 0.2) is 97.5 Å². The van der Waals surface area contributed by atoms with Gasteiger partial charge in [-0.15, -0.1) is 11.3 Å². The van der Waals surface area contributed by atoms with E-state index in [0.29, 0.717) is 28.5 Å². The van der Waals surface area contributed by atoms with Crippen molar-refractivity contribution in [1.29, 1.82) is 0 Å². The normalized spacial score (nSPS) is 10.8. The summed E-state index contributed by atoms with van der Waals surface area (Å²) in [5, 5.41) is 3.79. The lowest BCUT2D eigenvalue weighted by Gasteiger charge is -2.11. The van der Waals surface area contributed by atoms with E-state index in [1.54, 1.807) is 24.7 Å². The molecule has 2 heterocycles. The van der Waals surface area contributed by atoms with E-state index in [2.05, 4.69) is 15.3 Å². The Hall–Kier alpha value is -4.10. The SMILES string of the molecule is O=C(Nc1c(-c2ccc(F)cc2)ncn1Cc1ccccc1)c1cnc(-c2ccccc2)s1. The van der Waals surface area contributed by atoms with Crippen molar-refractivity contribution in [3.63, 3.8) is 0 Å². The van der Waals surface area contributed by atoms with E-state index in [1.807, 2.05) is 65.2 Å². The minimum Gasteiger partial charge on any atom is -0.312 e. The fourth-order valence-electron chi connectivity index (χ4n) is 3.49. The Balaban J connectivity index is 1.47. The Kier molecular flexibility index (Phi) is 5.78. The number of nitrogens with zero attached hydrogens (tertiary/aromatic N) is 3. The van der Waals surface area contributed by atoms with Gasteiger partial charge in [-0.3, -0.25) is 4.79 Å². The lowest BCUT2D eigenvalue weighted by atomic mass is 10.1. The number of hydrogen-bond acceptors (Lipinski definition) is 4. The Morgan fingerprint density at radius 3 is 2.30 bits per heavy atom. The maximum atomic E-state index is 13.5. The molecule has 0 aliphatic rings. The van der Waals surface area contributed by atoms with Gasteiger partial charge in [0.25, 0.3) is 5.91 Å². The van der Waals surface area contributed by atoms with Crippen molar-refractivity contribution in [1.82, 2.24) is 14.5 Å². The van der Waals surface area contributed by atoms with E-state index in [-0.39, 0.29) is 11.7 Å². The molecular weight excluding hydrogens is 435 g/mol. The van der Waals surface area contributed by atoms with Crippen molar-refractivity contribution in [2.75, 3.05) is 5.32 Å². The predicted molar refractivity (Wildman–Crippen MR) is 129 cm³/mol. The van der Waals surface area contributed by atoms with Gasteiger partial charge in [-0.05, 0) is 29.8 Å². The first kappa shape index (κ1) is 20.8. The third kappa shape index (κ3) is 4.58. The lowest BCUT2D eigenvalue weighted by Crippen LogP contribution is -2.15. The zero-order chi connectivity index (χ0) is 22.6. The van der Waals surface area contributed by atoms with Crippen molar-refractivity contribution in [3.8, 4) is 21.8 Å². The third-order valence-electron chi connectivity index (χ3n) is 5.13. The summed E-state index contributed by atoms with van der Waals surface area (Å²) in [7, 11) is 0. The van der Waals surface area contributed by atoms with Gasteiger partial charge in [0, 0.05) is 11.1 Å². The van der Waals surface area contributed by atoms with Crippen LogP contribution in [-0.2, 0) is 6.54 Å². The molecule has 0 atom stereocenters. The van der Waals surface area contributed by atoms with Crippen LogP contribution in [0.25, 0.3) is 21.8 Å². The summed E-state index contributed by atoms with van der Waals surface area (Å²) >= 11 is 1.33. The van der Waals surface area contributed by atoms with Crippen molar-refractivity contribution >= 4 is 23.1 Å². The van der Waals surface area contributed by atoms with Gasteiger partial charge >= 0.3 is 0 Å². The van der Waals surface area contributed by atoms with Crippen LogP contribution in [0.2, 0.25) is 0 Å². The fraction of sp³-hybridized carbons (Fsp3) is 0.0385. The molecule has 0 radical (unpaired) electrons. The molecule has 1 amide bonds. The molecule has 0 unspecified atom stereocenters. The largest absolute Gasteiger partial charge is 0.312 e. The monoisotopic (exact) mass is 454 g/mol. The number of carbonyl (C=O) groups is 1. The zero-order valence-electron chi connectivity index (χ0n) is 17.5. The van der Waals surface area contributed by atoms with Crippen LogP contribution in [0.5, 0.6) is 0 Å². The first-order valence-electron chi connectivity index (χ1n) is 10.3. The van der Waals surface area contributed by atoms with E-state index >= 15 is 0 Å². The summed E-state index contributed by atoms with van der Waals surface area (Å²) in [6, 6.07) is 25.7. The smallest absolute Gasteiger partial charge is 0.268 e. The number of imidazole rings is 1. The van der Waals surface area contributed by atoms with E-state index in [0.717, 1.165) is 16.1 Å². The molecule has 33 heavy (non-hydrogen) atoms. The van der Waals surface area contributed by atoms with Crippen molar-refractivity contribution in [2.45, 2.75) is 6.54 Å². The van der Waals surface area contributed by atoms with Gasteiger partial charge in [0.15, 0.2) is 0 Å². The van der Waals surface area contributed by atoms with Gasteiger partial charge in [0.1, 0.15) is 27.2 Å². The summed E-state index contributed by atoms with van der Waals surface area (Å²) in [5.41, 5.74) is 3.32. The van der Waals surface area contributed by atoms with Gasteiger partial charge in [0.05, 0.1) is 19.1 Å². The van der Waals surface area contributed by atoms with Crippen LogP contribution >= 0.6 is 11.3 Å². The van der Waals surface area contributed by atoms with Gasteiger partial charge in [-0.25, -0.2) is 14.4 Å². The van der Waals surface area contributed by atoms with Crippen LogP contribution in [0, 0.1) is 5.82 Å². The fourth-order valence-corrected chi connectivity index (χ4v) is 4.31. The molecule has 0 fully saturated rings. The summed E-state index contributed by atoms with van der Waals surface area (Å²) in [6.07, 6.45) is 3.27. The summed E-state index contributed by atoms with van der Waals surface area (Å²) in [4.78, 5) is 22.6. The molecule has 0 saturated heterocycles. The maximum Gasteiger partial charge on any atom is 0.268 e. The number of thiazole rings is 1. The zero-order valence-corrected chi connectivity index (χ0v) is 18.3. The molecule has 2 aromatic heterocycles. The van der Waals surface area contributed by atoms with Crippen LogP contribution in [0.1, 0.15) is 15.2 Å². The lowest BCUT2D eigenvalue weighted by molar-refractivity contribution is 0.102. The first-order chi connectivity index (χ1) is 16.2. The molecule has 5 rings (SSSR count). The Labute approximate surface area is 194 Å². The van der Waals surface area contributed by atoms with Gasteiger partial charge in [0.2, 0.25) is 0 Å². The quantitative estimate of drug-likeness (QED) is 0.337. The third-order valence-corrected chi connectivity index (χ3v) is 6.18. The molecule has 0 aliphatic carbocycles. The molecule has 5 nitrogen and oxygen atoms in total. The molecule has 7 heteroatoms. The highest BCUT2D eigenvalue weighted by atomic mass is 32.1. The minimum atomic E-state index is -0.328. The number of rotatable bonds is 6. The van der Waals surface area contributed by atoms with Crippen LogP contribution in [-0.4, -0.2) is 20.4 Å². The molecular formula is C26H19FN4OS. The van der Waals surface area contributed by atoms with E-state index in [9.17, 15) is 9.18 Å². The maximum absolute atomic E-state index is 13.5. The first-order valence-corrected chi connectivity index (χ1v) is 11.2. The number of carbonyl (C=O) groups excluding carboxylic acids is 1. The number of benzene rings is 3. The molecule has 3 aromatic carbocycles. The summed E-state index contributed by atoms with van der Waals surface area (Å²) < 4.78 is 15.3. The number of hydrogen-bond donors (Lipinski definition) is 1. The predicted octanol–water partition coefficient (Wildman–Crippen LogP) is 6.11. The highest BCUT2D eigenvalue weighted by Gasteiger charge is 2.19. The van der Waals surface area contributed by atoms with Crippen LogP contribution < -0.4 is 5.32 Å². The average molecular weight is 455 g/mol. The second-order valence-corrected chi connectivity index (χ2v) is 8.44. The highest BCUT2D eigenvalue weighted by molar-refractivity contribution is 7.17. The molecule has 5 aromatic rings. The standard InChI is InChI=1S/C26H19FN4OS/c27-21-13-11-19(12-14-21)23-24(31(17-29-23)16-18-7-3-1-4-8-18)30-25(32)22-15-28-26(33-22)20-9-5-2-6-10-20/h1-15,17H,16H2,(H,30,32). The highest BCUT2D eigenvalue weighted by Crippen LogP contribution is 2.30. The van der Waals surface area contributed by atoms with E-state index < -0.39 is 0 Å². The number of nitrogens with one attached hydrogen (secondary N) is 1. The average Bonchev–Trinajstić information content (AvgIpc) is 3.49. The Bertz CT molecular complexity index is 1380. The minimum absolute atomic E-state index is 0.271. The Morgan fingerprint density at radius 1 is 0.879 bits per heavy atom. The van der Waals surface area contributed by atoms with Crippen molar-refractivity contribution in [3.05, 3.63) is 114 Å².